The summed E-state index contributed by atoms with van der Waals surface area (Å²) in [6, 6.07) is 0. The number of ether oxygens (including phenoxy) is 1. The van der Waals surface area contributed by atoms with Gasteiger partial charge in [-0.15, -0.1) is 0 Å². The summed E-state index contributed by atoms with van der Waals surface area (Å²) in [6.07, 6.45) is 8.92. The molecule has 2 nitrogen and oxygen atoms in total. The van der Waals surface area contributed by atoms with E-state index in [0.717, 1.165) is 32.6 Å². The third-order valence-electron chi connectivity index (χ3n) is 3.93. The molecule has 1 saturated carbocycles. The summed E-state index contributed by atoms with van der Waals surface area (Å²) in [5.74, 6) is -1.96. The van der Waals surface area contributed by atoms with Gasteiger partial charge in [0.15, 0.2) is 11.7 Å². The van der Waals surface area contributed by atoms with Crippen LogP contribution in [0.5, 0.6) is 0 Å². The van der Waals surface area contributed by atoms with E-state index in [9.17, 15) is 8.78 Å². The lowest BCUT2D eigenvalue weighted by atomic mass is 9.82. The van der Waals surface area contributed by atoms with Gasteiger partial charge in [0.2, 0.25) is 0 Å². The van der Waals surface area contributed by atoms with Crippen LogP contribution in [0.3, 0.4) is 0 Å². The first-order valence-electron chi connectivity index (χ1n) is 7.69. The van der Waals surface area contributed by atoms with Gasteiger partial charge in [-0.25, -0.2) is 0 Å². The molecular weight excluding hydrogens is 274 g/mol. The molecule has 1 fully saturated rings. The Hall–Kier alpha value is -1.32. The van der Waals surface area contributed by atoms with Gasteiger partial charge in [-0.3, -0.25) is 0 Å². The summed E-state index contributed by atoms with van der Waals surface area (Å²) in [5.41, 5.74) is 0. The number of hydrogen-bond donors (Lipinski definition) is 1. The summed E-state index contributed by atoms with van der Waals surface area (Å²) >= 11 is 0. The van der Waals surface area contributed by atoms with E-state index in [1.54, 1.807) is 6.92 Å². The number of aliphatic hydroxyl groups excluding tert-OH is 1. The predicted molar refractivity (Wildman–Crippen MR) is 81.1 cm³/mol. The van der Waals surface area contributed by atoms with E-state index < -0.39 is 17.4 Å². The highest BCUT2D eigenvalue weighted by atomic mass is 19.2. The van der Waals surface area contributed by atoms with E-state index in [2.05, 4.69) is 12.2 Å². The van der Waals surface area contributed by atoms with Crippen LogP contribution in [0.25, 0.3) is 0 Å². The molecule has 0 heterocycles. The van der Waals surface area contributed by atoms with Crippen LogP contribution in [0.1, 0.15) is 52.9 Å². The van der Waals surface area contributed by atoms with E-state index in [-0.39, 0.29) is 12.2 Å². The maximum atomic E-state index is 13.8. The van der Waals surface area contributed by atoms with Gasteiger partial charge in [-0.1, -0.05) is 19.1 Å². The summed E-state index contributed by atoms with van der Waals surface area (Å²) in [7, 11) is 0. The third kappa shape index (κ3) is 5.52. The van der Waals surface area contributed by atoms with E-state index in [0.29, 0.717) is 18.4 Å². The zero-order valence-corrected chi connectivity index (χ0v) is 13.2. The van der Waals surface area contributed by atoms with Crippen LogP contribution in [0.4, 0.5) is 8.78 Å². The van der Waals surface area contributed by atoms with Crippen LogP contribution in [-0.4, -0.2) is 11.7 Å². The molecule has 0 aliphatic heterocycles. The zero-order chi connectivity index (χ0) is 15.8. The Labute approximate surface area is 126 Å². The van der Waals surface area contributed by atoms with E-state index in [1.807, 2.05) is 6.92 Å². The highest BCUT2D eigenvalue weighted by Crippen LogP contribution is 2.31. The van der Waals surface area contributed by atoms with Gasteiger partial charge < -0.3 is 9.84 Å². The lowest BCUT2D eigenvalue weighted by Gasteiger charge is -2.27. The summed E-state index contributed by atoms with van der Waals surface area (Å²) in [6.45, 7) is 5.26. The second-order valence-corrected chi connectivity index (χ2v) is 5.61. The molecule has 1 rings (SSSR count). The van der Waals surface area contributed by atoms with Crippen molar-refractivity contribution >= 4 is 0 Å². The summed E-state index contributed by atoms with van der Waals surface area (Å²) in [4.78, 5) is 0. The molecule has 0 aromatic rings. The fourth-order valence-corrected chi connectivity index (χ4v) is 2.64. The van der Waals surface area contributed by atoms with Crippen LogP contribution < -0.4 is 0 Å². The molecule has 0 saturated heterocycles. The molecule has 0 spiro atoms. The maximum absolute atomic E-state index is 13.8. The Balaban J connectivity index is 2.54. The number of allylic oxidation sites excluding steroid dienone is 6. The summed E-state index contributed by atoms with van der Waals surface area (Å²) < 4.78 is 32.6. The molecule has 4 heteroatoms. The molecule has 120 valence electrons. The summed E-state index contributed by atoms with van der Waals surface area (Å²) in [5, 5.41) is 9.00. The van der Waals surface area contributed by atoms with Crippen molar-refractivity contribution in [1.82, 2.24) is 0 Å². The van der Waals surface area contributed by atoms with Crippen LogP contribution in [0, 0.1) is 11.8 Å². The molecule has 0 bridgehead atoms. The lowest BCUT2D eigenvalue weighted by Crippen LogP contribution is -2.18. The molecule has 1 N–H and O–H groups in total. The first-order chi connectivity index (χ1) is 9.99. The largest absolute Gasteiger partial charge is 0.509 e. The second-order valence-electron chi connectivity index (χ2n) is 5.61. The van der Waals surface area contributed by atoms with Crippen molar-refractivity contribution < 1.29 is 18.6 Å². The molecule has 0 radical (unpaired) electrons. The van der Waals surface area contributed by atoms with Crippen LogP contribution in [0.15, 0.2) is 35.3 Å². The van der Waals surface area contributed by atoms with Crippen molar-refractivity contribution in [3.8, 4) is 0 Å². The number of hydrogen-bond acceptors (Lipinski definition) is 2. The first-order valence-corrected chi connectivity index (χ1v) is 7.69. The standard InChI is InChI=1S/C17H26F2O2/c1-4-6-13-7-9-14(10-8-13)11-21-15(5-2)17(19)16(18)12(3)20/h4,6,13-14,20H,5,7-11H2,1-3H3/b6-4+,16-12-,17-15-. The van der Waals surface area contributed by atoms with Gasteiger partial charge in [-0.2, -0.15) is 8.78 Å². The van der Waals surface area contributed by atoms with Crippen molar-refractivity contribution in [3.63, 3.8) is 0 Å². The van der Waals surface area contributed by atoms with Gasteiger partial charge in [-0.05, 0) is 51.4 Å². The SMILES string of the molecule is C/C=C/C1CCC(CO/C(CC)=C(F)/C(F)=C(\C)O)CC1. The van der Waals surface area contributed by atoms with Crippen molar-refractivity contribution in [2.45, 2.75) is 52.9 Å². The molecule has 0 aromatic carbocycles. The van der Waals surface area contributed by atoms with Crippen molar-refractivity contribution in [2.24, 2.45) is 11.8 Å². The molecule has 1 aliphatic carbocycles. The van der Waals surface area contributed by atoms with Crippen LogP contribution in [-0.2, 0) is 4.74 Å². The predicted octanol–water partition coefficient (Wildman–Crippen LogP) is 5.74. The van der Waals surface area contributed by atoms with Gasteiger partial charge in [0, 0.05) is 6.42 Å². The highest BCUT2D eigenvalue weighted by Gasteiger charge is 2.21. The number of aliphatic hydroxyl groups is 1. The number of rotatable bonds is 6. The molecule has 0 aromatic heterocycles. The van der Waals surface area contributed by atoms with Gasteiger partial charge in [0.25, 0.3) is 0 Å². The van der Waals surface area contributed by atoms with Gasteiger partial charge in [0.05, 0.1) is 6.61 Å². The second kappa shape index (κ2) is 8.85. The van der Waals surface area contributed by atoms with Crippen molar-refractivity contribution in [2.75, 3.05) is 6.61 Å². The van der Waals surface area contributed by atoms with E-state index in [1.165, 1.54) is 0 Å². The topological polar surface area (TPSA) is 29.5 Å². The van der Waals surface area contributed by atoms with Crippen LogP contribution in [0.2, 0.25) is 0 Å². The van der Waals surface area contributed by atoms with Crippen molar-refractivity contribution in [1.29, 1.82) is 0 Å². The zero-order valence-electron chi connectivity index (χ0n) is 13.2. The fourth-order valence-electron chi connectivity index (χ4n) is 2.64. The Morgan fingerprint density at radius 2 is 1.81 bits per heavy atom. The Morgan fingerprint density at radius 1 is 1.19 bits per heavy atom. The maximum Gasteiger partial charge on any atom is 0.199 e. The van der Waals surface area contributed by atoms with Crippen LogP contribution >= 0.6 is 0 Å². The monoisotopic (exact) mass is 300 g/mol. The van der Waals surface area contributed by atoms with Gasteiger partial charge >= 0.3 is 0 Å². The molecule has 0 amide bonds. The fraction of sp³-hybridized carbons (Fsp3) is 0.647. The minimum Gasteiger partial charge on any atom is -0.509 e. The Bertz CT molecular complexity index is 413. The normalized spacial score (nSPS) is 25.6. The van der Waals surface area contributed by atoms with E-state index >= 15 is 0 Å². The Morgan fingerprint density at radius 3 is 2.29 bits per heavy atom. The molecule has 21 heavy (non-hydrogen) atoms. The molecule has 0 atom stereocenters. The van der Waals surface area contributed by atoms with Crippen molar-refractivity contribution in [3.05, 3.63) is 35.3 Å². The molecular formula is C17H26F2O2. The average molecular weight is 300 g/mol. The average Bonchev–Trinajstić information content (AvgIpc) is 2.48. The highest BCUT2D eigenvalue weighted by molar-refractivity contribution is 5.23. The number of halogens is 2. The smallest absolute Gasteiger partial charge is 0.199 e. The van der Waals surface area contributed by atoms with E-state index in [4.69, 9.17) is 9.84 Å². The lowest BCUT2D eigenvalue weighted by molar-refractivity contribution is 0.123. The minimum atomic E-state index is -1.23. The molecule has 0 unspecified atom stereocenters. The minimum absolute atomic E-state index is 0.0172. The van der Waals surface area contributed by atoms with Gasteiger partial charge in [0.1, 0.15) is 11.5 Å². The Kier molecular flexibility index (Phi) is 7.48. The first kappa shape index (κ1) is 17.7. The molecule has 1 aliphatic rings. The third-order valence-corrected chi connectivity index (χ3v) is 3.93. The quantitative estimate of drug-likeness (QED) is 0.385.